The molecule has 6 nitrogen and oxygen atoms in total. The molecule has 7 heteroatoms. The second-order valence-corrected chi connectivity index (χ2v) is 7.02. The van der Waals surface area contributed by atoms with Crippen LogP contribution in [-0.2, 0) is 0 Å². The number of rotatable bonds is 2. The van der Waals surface area contributed by atoms with Crippen LogP contribution in [0, 0.1) is 5.95 Å². The Morgan fingerprint density at radius 2 is 2.00 bits per heavy atom. The third kappa shape index (κ3) is 3.14. The average molecular weight is 346 g/mol. The maximum atomic E-state index is 14.5. The molecule has 0 bridgehead atoms. The molecule has 1 atom stereocenters. The van der Waals surface area contributed by atoms with Gasteiger partial charge in [-0.1, -0.05) is 18.9 Å². The van der Waals surface area contributed by atoms with E-state index in [4.69, 9.17) is 0 Å². The predicted octanol–water partition coefficient (Wildman–Crippen LogP) is 1.53. The van der Waals surface area contributed by atoms with Gasteiger partial charge in [0, 0.05) is 38.4 Å². The number of halogens is 1. The molecule has 1 saturated heterocycles. The van der Waals surface area contributed by atoms with Crippen LogP contribution >= 0.6 is 0 Å². The number of aliphatic hydroxyl groups is 1. The van der Waals surface area contributed by atoms with Gasteiger partial charge in [0.05, 0.1) is 6.10 Å². The number of β-amino-alcohol motifs (C(OH)–C–C–N with tert-alkyl or cyclic N) is 1. The van der Waals surface area contributed by atoms with Crippen LogP contribution in [0.5, 0.6) is 0 Å². The lowest BCUT2D eigenvalue weighted by atomic mass is 10.2. The summed E-state index contributed by atoms with van der Waals surface area (Å²) in [6, 6.07) is 5.61. The number of pyridine rings is 1. The third-order valence-corrected chi connectivity index (χ3v) is 5.34. The molecular weight excluding hydrogens is 323 g/mol. The normalized spacial score (nSPS) is 23.3. The van der Waals surface area contributed by atoms with E-state index in [1.54, 1.807) is 24.4 Å². The van der Waals surface area contributed by atoms with Gasteiger partial charge in [-0.05, 0) is 25.0 Å². The molecule has 1 saturated carbocycles. The highest BCUT2D eigenvalue weighted by Gasteiger charge is 2.32. The Hall–Kier alpha value is -1.99. The van der Waals surface area contributed by atoms with Crippen LogP contribution in [0.4, 0.5) is 4.39 Å². The summed E-state index contributed by atoms with van der Waals surface area (Å²) in [6.45, 7) is 1.99. The van der Waals surface area contributed by atoms with Gasteiger partial charge in [0.25, 0.3) is 5.91 Å². The number of hydrogen-bond donors (Lipinski definition) is 1. The van der Waals surface area contributed by atoms with Crippen LogP contribution in [0.3, 0.4) is 0 Å². The second kappa shape index (κ2) is 6.72. The number of aromatic nitrogens is 2. The summed E-state index contributed by atoms with van der Waals surface area (Å²) in [5.74, 6) is -1.10. The molecule has 2 fully saturated rings. The van der Waals surface area contributed by atoms with Gasteiger partial charge in [-0.3, -0.25) is 14.1 Å². The number of imidazole rings is 1. The molecule has 1 aliphatic carbocycles. The Kier molecular flexibility index (Phi) is 4.43. The first-order valence-corrected chi connectivity index (χ1v) is 8.97. The van der Waals surface area contributed by atoms with Crippen molar-refractivity contribution >= 4 is 11.6 Å². The van der Waals surface area contributed by atoms with Gasteiger partial charge < -0.3 is 10.0 Å². The first-order chi connectivity index (χ1) is 12.1. The van der Waals surface area contributed by atoms with Crippen molar-refractivity contribution in [3.63, 3.8) is 0 Å². The summed E-state index contributed by atoms with van der Waals surface area (Å²) in [7, 11) is 0. The van der Waals surface area contributed by atoms with Gasteiger partial charge >= 0.3 is 0 Å². The Bertz CT molecular complexity index is 772. The number of nitrogens with zero attached hydrogens (tertiary/aromatic N) is 4. The largest absolute Gasteiger partial charge is 0.390 e. The van der Waals surface area contributed by atoms with E-state index in [-0.39, 0.29) is 12.2 Å². The molecule has 0 spiro atoms. The zero-order valence-corrected chi connectivity index (χ0v) is 14.1. The van der Waals surface area contributed by atoms with E-state index in [9.17, 15) is 14.3 Å². The minimum absolute atomic E-state index is 0.173. The Labute approximate surface area is 145 Å². The van der Waals surface area contributed by atoms with Crippen LogP contribution in [0.1, 0.15) is 36.2 Å². The zero-order valence-electron chi connectivity index (χ0n) is 14.1. The van der Waals surface area contributed by atoms with Gasteiger partial charge in [-0.2, -0.15) is 4.39 Å². The number of carbonyl (C=O) groups excluding carboxylic acids is 1. The highest BCUT2D eigenvalue weighted by Crippen LogP contribution is 2.25. The highest BCUT2D eigenvalue weighted by molar-refractivity contribution is 5.93. The lowest BCUT2D eigenvalue weighted by Gasteiger charge is -2.27. The standard InChI is InChI=1S/C18H23FN4O2/c19-17-16(20-15-7-3-4-8-23(15)17)18(25)22-10-9-21(11-14(24)12-22)13-5-1-2-6-13/h3-4,7-8,13-14,24H,1-2,5-6,9-12H2/t14-/m0/s1. The van der Waals surface area contributed by atoms with Crippen LogP contribution in [0.25, 0.3) is 5.65 Å². The maximum Gasteiger partial charge on any atom is 0.277 e. The van der Waals surface area contributed by atoms with Crippen molar-refractivity contribution in [3.05, 3.63) is 36.0 Å². The molecule has 0 unspecified atom stereocenters. The van der Waals surface area contributed by atoms with Crippen molar-refractivity contribution in [1.29, 1.82) is 0 Å². The zero-order chi connectivity index (χ0) is 17.4. The number of aliphatic hydroxyl groups excluding tert-OH is 1. The fourth-order valence-electron chi connectivity index (χ4n) is 4.05. The molecule has 2 aromatic rings. The lowest BCUT2D eigenvalue weighted by molar-refractivity contribution is 0.0646. The van der Waals surface area contributed by atoms with Crippen LogP contribution in [-0.4, -0.2) is 68.5 Å². The Morgan fingerprint density at radius 1 is 1.20 bits per heavy atom. The minimum atomic E-state index is -0.646. The van der Waals surface area contributed by atoms with E-state index in [1.807, 2.05) is 0 Å². The number of fused-ring (bicyclic) bond motifs is 1. The number of carbonyl (C=O) groups is 1. The SMILES string of the molecule is O=C(c1nc2ccccn2c1F)N1CCN(C2CCCC2)C[C@H](O)C1. The van der Waals surface area contributed by atoms with E-state index in [0.29, 0.717) is 31.3 Å². The smallest absolute Gasteiger partial charge is 0.277 e. The topological polar surface area (TPSA) is 61.1 Å². The molecule has 3 heterocycles. The van der Waals surface area contributed by atoms with Crippen molar-refractivity contribution in [3.8, 4) is 0 Å². The molecule has 4 rings (SSSR count). The lowest BCUT2D eigenvalue weighted by Crippen LogP contribution is -2.39. The van der Waals surface area contributed by atoms with Gasteiger partial charge in [0.2, 0.25) is 5.95 Å². The molecule has 1 N–H and O–H groups in total. The van der Waals surface area contributed by atoms with Crippen molar-refractivity contribution in [2.45, 2.75) is 37.8 Å². The van der Waals surface area contributed by atoms with E-state index in [1.165, 1.54) is 22.1 Å². The van der Waals surface area contributed by atoms with Crippen molar-refractivity contribution in [1.82, 2.24) is 19.2 Å². The van der Waals surface area contributed by atoms with Gasteiger partial charge in [0.15, 0.2) is 5.69 Å². The molecule has 1 aliphatic heterocycles. The summed E-state index contributed by atoms with van der Waals surface area (Å²) in [5.41, 5.74) is 0.235. The maximum absolute atomic E-state index is 14.5. The predicted molar refractivity (Wildman–Crippen MR) is 90.9 cm³/mol. The molecule has 0 radical (unpaired) electrons. The molecule has 1 amide bonds. The first kappa shape index (κ1) is 16.5. The third-order valence-electron chi connectivity index (χ3n) is 5.34. The quantitative estimate of drug-likeness (QED) is 0.896. The van der Waals surface area contributed by atoms with Gasteiger partial charge in [0.1, 0.15) is 5.65 Å². The number of amides is 1. The van der Waals surface area contributed by atoms with E-state index < -0.39 is 18.0 Å². The molecule has 25 heavy (non-hydrogen) atoms. The summed E-state index contributed by atoms with van der Waals surface area (Å²) in [6.07, 6.45) is 5.70. The summed E-state index contributed by atoms with van der Waals surface area (Å²) in [5, 5.41) is 10.3. The molecule has 134 valence electrons. The Morgan fingerprint density at radius 3 is 2.76 bits per heavy atom. The average Bonchev–Trinajstić information content (AvgIpc) is 3.21. The van der Waals surface area contributed by atoms with Crippen LogP contribution in [0.2, 0.25) is 0 Å². The summed E-state index contributed by atoms with van der Waals surface area (Å²) >= 11 is 0. The molecule has 2 aromatic heterocycles. The van der Waals surface area contributed by atoms with Gasteiger partial charge in [-0.15, -0.1) is 0 Å². The molecular formula is C18H23FN4O2. The van der Waals surface area contributed by atoms with E-state index in [2.05, 4.69) is 9.88 Å². The Balaban J connectivity index is 1.54. The minimum Gasteiger partial charge on any atom is -0.390 e. The van der Waals surface area contributed by atoms with Gasteiger partial charge in [-0.25, -0.2) is 4.98 Å². The fraction of sp³-hybridized carbons (Fsp3) is 0.556. The van der Waals surface area contributed by atoms with E-state index in [0.717, 1.165) is 12.8 Å². The van der Waals surface area contributed by atoms with Crippen LogP contribution in [0.15, 0.2) is 24.4 Å². The fourth-order valence-corrected chi connectivity index (χ4v) is 4.05. The van der Waals surface area contributed by atoms with Crippen molar-refractivity contribution in [2.75, 3.05) is 26.2 Å². The van der Waals surface area contributed by atoms with Crippen LogP contribution < -0.4 is 0 Å². The highest BCUT2D eigenvalue weighted by atomic mass is 19.1. The number of hydrogen-bond acceptors (Lipinski definition) is 4. The van der Waals surface area contributed by atoms with Crippen molar-refractivity contribution < 1.29 is 14.3 Å². The van der Waals surface area contributed by atoms with E-state index >= 15 is 0 Å². The second-order valence-electron chi connectivity index (χ2n) is 7.02. The molecule has 2 aliphatic rings. The monoisotopic (exact) mass is 346 g/mol. The summed E-state index contributed by atoms with van der Waals surface area (Å²) < 4.78 is 15.8. The molecule has 0 aromatic carbocycles. The summed E-state index contributed by atoms with van der Waals surface area (Å²) in [4.78, 5) is 20.8. The van der Waals surface area contributed by atoms with Crippen molar-refractivity contribution in [2.24, 2.45) is 0 Å². The first-order valence-electron chi connectivity index (χ1n) is 8.97.